The van der Waals surface area contributed by atoms with Crippen LogP contribution in [0.4, 0.5) is 0 Å². The second-order valence-electron chi connectivity index (χ2n) is 4.70. The average Bonchev–Trinajstić information content (AvgIpc) is 2.66. The fraction of sp³-hybridized carbons (Fsp3) is 0.267. The van der Waals surface area contributed by atoms with Crippen LogP contribution in [0, 0.1) is 13.8 Å². The van der Waals surface area contributed by atoms with E-state index in [2.05, 4.69) is 5.10 Å². The Balaban J connectivity index is 2.35. The number of carbonyl (C=O) groups excluding carboxylic acids is 1. The van der Waals surface area contributed by atoms with Crippen molar-refractivity contribution in [1.29, 1.82) is 0 Å². The van der Waals surface area contributed by atoms with Crippen LogP contribution in [0.25, 0.3) is 0 Å². The van der Waals surface area contributed by atoms with Crippen molar-refractivity contribution < 1.29 is 14.7 Å². The van der Waals surface area contributed by atoms with Crippen molar-refractivity contribution in [2.75, 3.05) is 0 Å². The number of aliphatic carboxylic acids is 1. The fourth-order valence-corrected chi connectivity index (χ4v) is 2.24. The lowest BCUT2D eigenvalue weighted by Gasteiger charge is -2.09. The molecule has 1 aromatic heterocycles. The van der Waals surface area contributed by atoms with Gasteiger partial charge in [-0.15, -0.1) is 0 Å². The third kappa shape index (κ3) is 2.77. The summed E-state index contributed by atoms with van der Waals surface area (Å²) in [6.45, 7) is 4.09. The van der Waals surface area contributed by atoms with Crippen LogP contribution in [-0.4, -0.2) is 27.1 Å². The summed E-state index contributed by atoms with van der Waals surface area (Å²) in [5.41, 5.74) is 3.75. The summed E-state index contributed by atoms with van der Waals surface area (Å²) in [4.78, 5) is 21.9. The Kier molecular flexibility index (Phi) is 3.98. The van der Waals surface area contributed by atoms with Crippen LogP contribution in [-0.2, 0) is 17.8 Å². The van der Waals surface area contributed by atoms with Crippen molar-refractivity contribution in [3.8, 4) is 0 Å². The Morgan fingerprint density at radius 2 is 1.95 bits per heavy atom. The highest BCUT2D eigenvalue weighted by Crippen LogP contribution is 2.15. The molecule has 1 N–H and O–H groups in total. The zero-order chi connectivity index (χ0) is 14.7. The van der Waals surface area contributed by atoms with Crippen molar-refractivity contribution >= 4 is 12.3 Å². The van der Waals surface area contributed by atoms with Gasteiger partial charge in [0.1, 0.15) is 0 Å². The zero-order valence-corrected chi connectivity index (χ0v) is 11.5. The molecule has 20 heavy (non-hydrogen) atoms. The van der Waals surface area contributed by atoms with E-state index in [1.165, 1.54) is 0 Å². The van der Waals surface area contributed by atoms with Gasteiger partial charge in [0.15, 0.2) is 6.29 Å². The molecule has 0 atom stereocenters. The number of aryl methyl sites for hydroxylation is 1. The molecule has 1 aromatic carbocycles. The number of carbonyl (C=O) groups is 2. The smallest absolute Gasteiger partial charge is 0.307 e. The third-order valence-electron chi connectivity index (χ3n) is 3.34. The standard InChI is InChI=1S/C15H16N2O3/c1-10-14(9-18)11(2)17(16-10)8-13-6-4-3-5-12(13)7-15(19)20/h3-6,9H,7-8H2,1-2H3,(H,19,20). The summed E-state index contributed by atoms with van der Waals surface area (Å²) in [6, 6.07) is 7.37. The molecule has 0 spiro atoms. The van der Waals surface area contributed by atoms with Crippen LogP contribution in [0.3, 0.4) is 0 Å². The van der Waals surface area contributed by atoms with Gasteiger partial charge in [0.05, 0.1) is 24.2 Å². The quantitative estimate of drug-likeness (QED) is 0.845. The minimum absolute atomic E-state index is 0.0178. The molecule has 0 saturated heterocycles. The topological polar surface area (TPSA) is 72.2 Å². The molecule has 0 bridgehead atoms. The number of hydrogen-bond acceptors (Lipinski definition) is 3. The van der Waals surface area contributed by atoms with E-state index in [1.54, 1.807) is 17.7 Å². The van der Waals surface area contributed by atoms with E-state index in [1.807, 2.05) is 25.1 Å². The second kappa shape index (κ2) is 5.69. The number of benzene rings is 1. The molecule has 2 rings (SSSR count). The summed E-state index contributed by atoms with van der Waals surface area (Å²) in [7, 11) is 0. The van der Waals surface area contributed by atoms with Crippen molar-refractivity contribution in [3.63, 3.8) is 0 Å². The molecule has 104 valence electrons. The van der Waals surface area contributed by atoms with E-state index >= 15 is 0 Å². The summed E-state index contributed by atoms with van der Waals surface area (Å²) in [6.07, 6.45) is 0.785. The van der Waals surface area contributed by atoms with E-state index in [4.69, 9.17) is 5.11 Å². The van der Waals surface area contributed by atoms with Crippen LogP contribution in [0.2, 0.25) is 0 Å². The lowest BCUT2D eigenvalue weighted by molar-refractivity contribution is -0.136. The number of aromatic nitrogens is 2. The minimum Gasteiger partial charge on any atom is -0.481 e. The monoisotopic (exact) mass is 272 g/mol. The molecule has 1 heterocycles. The molecule has 0 amide bonds. The third-order valence-corrected chi connectivity index (χ3v) is 3.34. The van der Waals surface area contributed by atoms with Gasteiger partial charge in [-0.05, 0) is 25.0 Å². The van der Waals surface area contributed by atoms with Crippen LogP contribution in [0.1, 0.15) is 32.9 Å². The summed E-state index contributed by atoms with van der Waals surface area (Å²) < 4.78 is 1.74. The molecule has 5 nitrogen and oxygen atoms in total. The summed E-state index contributed by atoms with van der Waals surface area (Å²) >= 11 is 0. The molecule has 0 aliphatic rings. The minimum atomic E-state index is -0.862. The van der Waals surface area contributed by atoms with Crippen LogP contribution in [0.15, 0.2) is 24.3 Å². The molecule has 0 saturated carbocycles. The lowest BCUT2D eigenvalue weighted by atomic mass is 10.0. The molecular weight excluding hydrogens is 256 g/mol. The van der Waals surface area contributed by atoms with Gasteiger partial charge in [0.2, 0.25) is 0 Å². The van der Waals surface area contributed by atoms with Crippen molar-refractivity contribution in [2.24, 2.45) is 0 Å². The molecule has 5 heteroatoms. The molecule has 0 unspecified atom stereocenters. The van der Waals surface area contributed by atoms with E-state index in [9.17, 15) is 9.59 Å². The molecule has 0 aliphatic carbocycles. The SMILES string of the molecule is Cc1nn(Cc2ccccc2CC(=O)O)c(C)c1C=O. The number of carboxylic acids is 1. The lowest BCUT2D eigenvalue weighted by Crippen LogP contribution is -2.09. The van der Waals surface area contributed by atoms with Crippen molar-refractivity contribution in [2.45, 2.75) is 26.8 Å². The van der Waals surface area contributed by atoms with Gasteiger partial charge in [-0.3, -0.25) is 14.3 Å². The van der Waals surface area contributed by atoms with E-state index in [0.29, 0.717) is 17.8 Å². The van der Waals surface area contributed by atoms with E-state index in [-0.39, 0.29) is 6.42 Å². The Bertz CT molecular complexity index is 659. The zero-order valence-electron chi connectivity index (χ0n) is 11.5. The molecule has 0 fully saturated rings. The molecule has 2 aromatic rings. The van der Waals surface area contributed by atoms with Crippen LogP contribution < -0.4 is 0 Å². The number of hydrogen-bond donors (Lipinski definition) is 1. The van der Waals surface area contributed by atoms with Gasteiger partial charge in [-0.25, -0.2) is 0 Å². The van der Waals surface area contributed by atoms with Gasteiger partial charge in [0, 0.05) is 5.69 Å². The maximum atomic E-state index is 11.0. The Morgan fingerprint density at radius 3 is 2.50 bits per heavy atom. The number of rotatable bonds is 5. The largest absolute Gasteiger partial charge is 0.481 e. The van der Waals surface area contributed by atoms with Crippen molar-refractivity contribution in [3.05, 3.63) is 52.3 Å². The first-order valence-corrected chi connectivity index (χ1v) is 6.30. The second-order valence-corrected chi connectivity index (χ2v) is 4.70. The predicted molar refractivity (Wildman–Crippen MR) is 74.0 cm³/mol. The maximum Gasteiger partial charge on any atom is 0.307 e. The normalized spacial score (nSPS) is 10.5. The van der Waals surface area contributed by atoms with E-state index < -0.39 is 5.97 Å². The van der Waals surface area contributed by atoms with Crippen LogP contribution >= 0.6 is 0 Å². The van der Waals surface area contributed by atoms with Gasteiger partial charge >= 0.3 is 5.97 Å². The van der Waals surface area contributed by atoms with E-state index in [0.717, 1.165) is 23.1 Å². The number of nitrogens with zero attached hydrogens (tertiary/aromatic N) is 2. The molecule has 0 radical (unpaired) electrons. The Morgan fingerprint density at radius 1 is 1.30 bits per heavy atom. The summed E-state index contributed by atoms with van der Waals surface area (Å²) in [5, 5.41) is 13.3. The number of carboxylic acid groups (broad SMARTS) is 1. The Hall–Kier alpha value is -2.43. The maximum absolute atomic E-state index is 11.0. The first-order valence-electron chi connectivity index (χ1n) is 6.30. The highest BCUT2D eigenvalue weighted by Gasteiger charge is 2.13. The first-order chi connectivity index (χ1) is 9.52. The number of aldehydes is 1. The fourth-order valence-electron chi connectivity index (χ4n) is 2.24. The molecular formula is C15H16N2O3. The van der Waals surface area contributed by atoms with Gasteiger partial charge in [-0.2, -0.15) is 5.10 Å². The first kappa shape index (κ1) is 14.0. The average molecular weight is 272 g/mol. The Labute approximate surface area is 116 Å². The summed E-state index contributed by atoms with van der Waals surface area (Å²) in [5.74, 6) is -0.862. The van der Waals surface area contributed by atoms with Gasteiger partial charge in [-0.1, -0.05) is 24.3 Å². The van der Waals surface area contributed by atoms with Gasteiger partial charge < -0.3 is 5.11 Å². The van der Waals surface area contributed by atoms with Crippen molar-refractivity contribution in [1.82, 2.24) is 9.78 Å². The van der Waals surface area contributed by atoms with Crippen LogP contribution in [0.5, 0.6) is 0 Å². The van der Waals surface area contributed by atoms with Gasteiger partial charge in [0.25, 0.3) is 0 Å². The predicted octanol–water partition coefficient (Wildman–Crippen LogP) is 1.99. The molecule has 0 aliphatic heterocycles. The highest BCUT2D eigenvalue weighted by molar-refractivity contribution is 5.78. The highest BCUT2D eigenvalue weighted by atomic mass is 16.4.